The van der Waals surface area contributed by atoms with E-state index in [1.807, 2.05) is 6.08 Å². The van der Waals surface area contributed by atoms with E-state index < -0.39 is 29.5 Å². The predicted molar refractivity (Wildman–Crippen MR) is 65.8 cm³/mol. The van der Waals surface area contributed by atoms with Crippen LogP contribution in [0.3, 0.4) is 0 Å². The molecule has 4 unspecified atom stereocenters. The van der Waals surface area contributed by atoms with Gasteiger partial charge in [-0.05, 0) is 0 Å². The molecule has 0 aliphatic carbocycles. The van der Waals surface area contributed by atoms with Crippen LogP contribution in [0.15, 0.2) is 23.7 Å². The van der Waals surface area contributed by atoms with E-state index in [-0.39, 0.29) is 5.91 Å². The van der Waals surface area contributed by atoms with Crippen molar-refractivity contribution in [3.63, 3.8) is 0 Å². The summed E-state index contributed by atoms with van der Waals surface area (Å²) in [4.78, 5) is 29.5. The van der Waals surface area contributed by atoms with Crippen LogP contribution in [-0.2, 0) is 14.3 Å². The molecule has 2 bridgehead atoms. The van der Waals surface area contributed by atoms with Gasteiger partial charge in [0.15, 0.2) is 5.13 Å². The average molecular weight is 278 g/mol. The second-order valence-corrected chi connectivity index (χ2v) is 5.85. The van der Waals surface area contributed by atoms with Gasteiger partial charge in [-0.15, -0.1) is 11.3 Å². The van der Waals surface area contributed by atoms with Gasteiger partial charge in [-0.25, -0.2) is 4.98 Å². The molecule has 4 atom stereocenters. The molecule has 4 rings (SSSR count). The lowest BCUT2D eigenvalue weighted by molar-refractivity contribution is -0.146. The highest BCUT2D eigenvalue weighted by molar-refractivity contribution is 7.13. The van der Waals surface area contributed by atoms with Gasteiger partial charge in [-0.2, -0.15) is 0 Å². The van der Waals surface area contributed by atoms with Gasteiger partial charge in [0.25, 0.3) is 0 Å². The molecule has 98 valence electrons. The van der Waals surface area contributed by atoms with E-state index in [1.165, 1.54) is 16.2 Å². The molecular formula is C12H10N2O4S. The van der Waals surface area contributed by atoms with E-state index in [4.69, 9.17) is 4.74 Å². The van der Waals surface area contributed by atoms with Crippen molar-refractivity contribution in [3.8, 4) is 0 Å². The molecule has 1 aromatic heterocycles. The molecule has 2 fully saturated rings. The number of aliphatic carboxylic acids is 1. The highest BCUT2D eigenvalue weighted by Gasteiger charge is 2.67. The molecule has 0 radical (unpaired) electrons. The zero-order valence-corrected chi connectivity index (χ0v) is 10.5. The van der Waals surface area contributed by atoms with Crippen molar-refractivity contribution in [1.82, 2.24) is 4.98 Å². The van der Waals surface area contributed by atoms with Crippen molar-refractivity contribution < 1.29 is 19.4 Å². The molecule has 0 aromatic carbocycles. The summed E-state index contributed by atoms with van der Waals surface area (Å²) < 4.78 is 5.78. The number of anilines is 1. The van der Waals surface area contributed by atoms with E-state index in [1.54, 1.807) is 17.7 Å². The summed E-state index contributed by atoms with van der Waals surface area (Å²) in [7, 11) is 0. The van der Waals surface area contributed by atoms with Crippen molar-refractivity contribution in [2.45, 2.75) is 11.7 Å². The van der Waals surface area contributed by atoms with Crippen LogP contribution in [0.5, 0.6) is 0 Å². The largest absolute Gasteiger partial charge is 0.481 e. The Labute approximate surface area is 112 Å². The SMILES string of the molecule is O=C(O)C1C2C=CC3(CN(c4nccs4)C(=O)C13)O2. The van der Waals surface area contributed by atoms with Gasteiger partial charge in [0.1, 0.15) is 11.5 Å². The lowest BCUT2D eigenvalue weighted by atomic mass is 9.77. The van der Waals surface area contributed by atoms with Crippen LogP contribution in [-0.4, -0.2) is 40.2 Å². The molecular weight excluding hydrogens is 268 g/mol. The third-order valence-electron chi connectivity index (χ3n) is 4.04. The number of ether oxygens (including phenoxy) is 1. The summed E-state index contributed by atoms with van der Waals surface area (Å²) in [5.41, 5.74) is -0.781. The number of hydrogen-bond donors (Lipinski definition) is 1. The smallest absolute Gasteiger partial charge is 0.310 e. The maximum absolute atomic E-state index is 12.5. The number of carbonyl (C=O) groups excluding carboxylic acids is 1. The number of carboxylic acid groups (broad SMARTS) is 1. The molecule has 7 heteroatoms. The number of carbonyl (C=O) groups is 2. The van der Waals surface area contributed by atoms with Crippen molar-refractivity contribution in [3.05, 3.63) is 23.7 Å². The first-order chi connectivity index (χ1) is 9.12. The summed E-state index contributed by atoms with van der Waals surface area (Å²) in [6.45, 7) is 0.348. The van der Waals surface area contributed by atoms with Gasteiger partial charge in [0.05, 0.1) is 18.6 Å². The standard InChI is InChI=1S/C12H10N2O4S/c15-9-8-7(10(16)17)6-1-2-12(8,18-6)5-14(9)11-13-3-4-19-11/h1-4,6-8H,5H2,(H,16,17). The van der Waals surface area contributed by atoms with E-state index in [0.717, 1.165) is 0 Å². The Morgan fingerprint density at radius 2 is 2.47 bits per heavy atom. The summed E-state index contributed by atoms with van der Waals surface area (Å²) in [6.07, 6.45) is 4.74. The Kier molecular flexibility index (Phi) is 2.01. The number of rotatable bonds is 2. The molecule has 3 aliphatic heterocycles. The Balaban J connectivity index is 1.77. The minimum Gasteiger partial charge on any atom is -0.481 e. The second kappa shape index (κ2) is 3.43. The molecule has 19 heavy (non-hydrogen) atoms. The number of nitrogens with zero attached hydrogens (tertiary/aromatic N) is 2. The molecule has 1 spiro atoms. The lowest BCUT2D eigenvalue weighted by Gasteiger charge is -2.21. The first kappa shape index (κ1) is 11.1. The zero-order valence-electron chi connectivity index (χ0n) is 9.72. The zero-order chi connectivity index (χ0) is 13.2. The Morgan fingerprint density at radius 1 is 1.63 bits per heavy atom. The molecule has 1 aromatic rings. The Morgan fingerprint density at radius 3 is 3.16 bits per heavy atom. The molecule has 3 aliphatic rings. The Hall–Kier alpha value is -1.73. The molecule has 4 heterocycles. The maximum atomic E-state index is 12.5. The summed E-state index contributed by atoms with van der Waals surface area (Å²) >= 11 is 1.36. The van der Waals surface area contributed by atoms with Gasteiger partial charge < -0.3 is 9.84 Å². The second-order valence-electron chi connectivity index (χ2n) is 4.98. The predicted octanol–water partition coefficient (Wildman–Crippen LogP) is 0.514. The highest BCUT2D eigenvalue weighted by atomic mass is 32.1. The van der Waals surface area contributed by atoms with E-state index in [9.17, 15) is 14.7 Å². The van der Waals surface area contributed by atoms with Crippen molar-refractivity contribution in [1.29, 1.82) is 0 Å². The minimum atomic E-state index is -0.976. The highest BCUT2D eigenvalue weighted by Crippen LogP contribution is 2.52. The fraction of sp³-hybridized carbons (Fsp3) is 0.417. The topological polar surface area (TPSA) is 79.7 Å². The number of fused-ring (bicyclic) bond motifs is 1. The quantitative estimate of drug-likeness (QED) is 0.797. The molecule has 0 saturated carbocycles. The number of hydrogen-bond acceptors (Lipinski definition) is 5. The summed E-state index contributed by atoms with van der Waals surface area (Å²) in [6, 6.07) is 0. The van der Waals surface area contributed by atoms with Crippen LogP contribution in [0.25, 0.3) is 0 Å². The van der Waals surface area contributed by atoms with Gasteiger partial charge in [0, 0.05) is 11.6 Å². The Bertz CT molecular complexity index is 599. The number of carboxylic acids is 1. The van der Waals surface area contributed by atoms with Crippen LogP contribution < -0.4 is 4.90 Å². The number of aromatic nitrogens is 1. The van der Waals surface area contributed by atoms with Crippen LogP contribution in [0, 0.1) is 11.8 Å². The van der Waals surface area contributed by atoms with E-state index >= 15 is 0 Å². The van der Waals surface area contributed by atoms with Gasteiger partial charge in [-0.3, -0.25) is 14.5 Å². The third-order valence-corrected chi connectivity index (χ3v) is 4.83. The van der Waals surface area contributed by atoms with Gasteiger partial charge in [-0.1, -0.05) is 12.2 Å². The molecule has 1 N–H and O–H groups in total. The van der Waals surface area contributed by atoms with Crippen LogP contribution in [0.4, 0.5) is 5.13 Å². The first-order valence-electron chi connectivity index (χ1n) is 5.93. The van der Waals surface area contributed by atoms with Crippen LogP contribution in [0.1, 0.15) is 0 Å². The fourth-order valence-electron chi connectivity index (χ4n) is 3.29. The number of amides is 1. The van der Waals surface area contributed by atoms with E-state index in [0.29, 0.717) is 11.7 Å². The normalized spacial score (nSPS) is 39.1. The van der Waals surface area contributed by atoms with Crippen molar-refractivity contribution >= 4 is 28.3 Å². The van der Waals surface area contributed by atoms with Crippen molar-refractivity contribution in [2.24, 2.45) is 11.8 Å². The monoisotopic (exact) mass is 278 g/mol. The van der Waals surface area contributed by atoms with Crippen molar-refractivity contribution in [2.75, 3.05) is 11.4 Å². The van der Waals surface area contributed by atoms with Crippen LogP contribution >= 0.6 is 11.3 Å². The maximum Gasteiger partial charge on any atom is 0.310 e. The minimum absolute atomic E-state index is 0.200. The summed E-state index contributed by atoms with van der Waals surface area (Å²) in [5.74, 6) is -2.60. The average Bonchev–Trinajstić information content (AvgIpc) is 3.09. The molecule has 6 nitrogen and oxygen atoms in total. The lowest BCUT2D eigenvalue weighted by Crippen LogP contribution is -2.39. The fourth-order valence-corrected chi connectivity index (χ4v) is 3.94. The van der Waals surface area contributed by atoms with Crippen LogP contribution in [0.2, 0.25) is 0 Å². The third kappa shape index (κ3) is 1.26. The number of thiazole rings is 1. The van der Waals surface area contributed by atoms with Gasteiger partial charge in [0.2, 0.25) is 5.91 Å². The summed E-state index contributed by atoms with van der Waals surface area (Å²) in [5, 5.41) is 11.7. The first-order valence-corrected chi connectivity index (χ1v) is 6.81. The van der Waals surface area contributed by atoms with Gasteiger partial charge >= 0.3 is 5.97 Å². The molecule has 2 saturated heterocycles. The van der Waals surface area contributed by atoms with E-state index in [2.05, 4.69) is 4.98 Å². The molecule has 1 amide bonds.